The van der Waals surface area contributed by atoms with E-state index < -0.39 is 10.0 Å². The molecule has 2 aromatic rings. The zero-order valence-corrected chi connectivity index (χ0v) is 12.3. The molecule has 1 heterocycles. The van der Waals surface area contributed by atoms with Crippen molar-refractivity contribution in [3.63, 3.8) is 0 Å². The van der Waals surface area contributed by atoms with E-state index in [0.717, 1.165) is 11.4 Å². The lowest BCUT2D eigenvalue weighted by atomic mass is 10.3. The molecule has 0 saturated carbocycles. The summed E-state index contributed by atoms with van der Waals surface area (Å²) in [5.41, 5.74) is 1.78. The van der Waals surface area contributed by atoms with E-state index in [0.29, 0.717) is 6.54 Å². The van der Waals surface area contributed by atoms with Crippen molar-refractivity contribution in [3.8, 4) is 0 Å². The molecule has 0 atom stereocenters. The third-order valence-electron chi connectivity index (χ3n) is 2.83. The highest BCUT2D eigenvalue weighted by Gasteiger charge is 2.16. The minimum Gasteiger partial charge on any atom is -0.379 e. The number of aromatic nitrogens is 1. The third kappa shape index (κ3) is 3.34. The molecule has 0 radical (unpaired) electrons. The van der Waals surface area contributed by atoms with Crippen molar-refractivity contribution in [1.29, 1.82) is 0 Å². The lowest BCUT2D eigenvalue weighted by Gasteiger charge is -2.12. The molecule has 0 fully saturated rings. The Bertz CT molecular complexity index is 653. The molecule has 6 heteroatoms. The number of anilines is 1. The van der Waals surface area contributed by atoms with Crippen LogP contribution in [0.4, 0.5) is 5.69 Å². The Hall–Kier alpha value is -1.92. The average molecular weight is 291 g/mol. The zero-order chi connectivity index (χ0) is 14.6. The first-order valence-electron chi connectivity index (χ1n) is 6.16. The van der Waals surface area contributed by atoms with Gasteiger partial charge >= 0.3 is 0 Å². The SMILES string of the molecule is CN(C)S(=O)(=O)c1ccc(NCc2ccccn2)cc1. The van der Waals surface area contributed by atoms with Gasteiger partial charge in [0.15, 0.2) is 0 Å². The number of benzene rings is 1. The van der Waals surface area contributed by atoms with Gasteiger partial charge < -0.3 is 5.32 Å². The molecule has 0 aliphatic rings. The monoisotopic (exact) mass is 291 g/mol. The lowest BCUT2D eigenvalue weighted by Crippen LogP contribution is -2.22. The van der Waals surface area contributed by atoms with Crippen molar-refractivity contribution >= 4 is 15.7 Å². The second-order valence-electron chi connectivity index (χ2n) is 4.49. The smallest absolute Gasteiger partial charge is 0.242 e. The molecule has 0 bridgehead atoms. The van der Waals surface area contributed by atoms with Crippen LogP contribution in [0.25, 0.3) is 0 Å². The molecule has 0 amide bonds. The van der Waals surface area contributed by atoms with Crippen LogP contribution in [0.5, 0.6) is 0 Å². The summed E-state index contributed by atoms with van der Waals surface area (Å²) in [6.45, 7) is 0.598. The lowest BCUT2D eigenvalue weighted by molar-refractivity contribution is 0.521. The first kappa shape index (κ1) is 14.5. The van der Waals surface area contributed by atoms with Crippen LogP contribution in [-0.2, 0) is 16.6 Å². The summed E-state index contributed by atoms with van der Waals surface area (Å²) in [7, 11) is -0.335. The van der Waals surface area contributed by atoms with E-state index in [1.807, 2.05) is 18.2 Å². The molecular formula is C14H17N3O2S. The van der Waals surface area contributed by atoms with E-state index in [9.17, 15) is 8.42 Å². The van der Waals surface area contributed by atoms with Crippen LogP contribution in [0.2, 0.25) is 0 Å². The van der Waals surface area contributed by atoms with E-state index in [1.54, 1.807) is 30.5 Å². The highest BCUT2D eigenvalue weighted by atomic mass is 32.2. The number of nitrogens with one attached hydrogen (secondary N) is 1. The van der Waals surface area contributed by atoms with Gasteiger partial charge in [-0.2, -0.15) is 0 Å². The predicted octanol–water partition coefficient (Wildman–Crippen LogP) is 1.94. The quantitative estimate of drug-likeness (QED) is 0.914. The second kappa shape index (κ2) is 6.02. The van der Waals surface area contributed by atoms with Crippen LogP contribution < -0.4 is 5.32 Å². The zero-order valence-electron chi connectivity index (χ0n) is 11.4. The number of rotatable bonds is 5. The van der Waals surface area contributed by atoms with Gasteiger partial charge in [0.1, 0.15) is 0 Å². The van der Waals surface area contributed by atoms with E-state index in [4.69, 9.17) is 0 Å². The molecule has 2 rings (SSSR count). The van der Waals surface area contributed by atoms with Crippen LogP contribution in [0.1, 0.15) is 5.69 Å². The predicted molar refractivity (Wildman–Crippen MR) is 78.9 cm³/mol. The van der Waals surface area contributed by atoms with E-state index in [-0.39, 0.29) is 4.90 Å². The fraction of sp³-hybridized carbons (Fsp3) is 0.214. The fourth-order valence-electron chi connectivity index (χ4n) is 1.65. The Kier molecular flexibility index (Phi) is 4.36. The minimum absolute atomic E-state index is 0.283. The Balaban J connectivity index is 2.06. The van der Waals surface area contributed by atoms with Gasteiger partial charge in [0.05, 0.1) is 17.1 Å². The van der Waals surface area contributed by atoms with Gasteiger partial charge in [-0.25, -0.2) is 12.7 Å². The van der Waals surface area contributed by atoms with Gasteiger partial charge in [0, 0.05) is 26.0 Å². The molecule has 1 aromatic carbocycles. The Morgan fingerprint density at radius 3 is 2.35 bits per heavy atom. The molecule has 0 aliphatic heterocycles. The van der Waals surface area contributed by atoms with Gasteiger partial charge in [-0.15, -0.1) is 0 Å². The molecule has 0 aliphatic carbocycles. The van der Waals surface area contributed by atoms with Crippen LogP contribution >= 0.6 is 0 Å². The molecule has 1 aromatic heterocycles. The van der Waals surface area contributed by atoms with Crippen molar-refractivity contribution < 1.29 is 8.42 Å². The number of sulfonamides is 1. The van der Waals surface area contributed by atoms with E-state index in [2.05, 4.69) is 10.3 Å². The Labute approximate surface area is 119 Å². The minimum atomic E-state index is -3.37. The first-order chi connectivity index (χ1) is 9.50. The molecule has 0 saturated heterocycles. The highest BCUT2D eigenvalue weighted by Crippen LogP contribution is 2.16. The molecule has 20 heavy (non-hydrogen) atoms. The van der Waals surface area contributed by atoms with Gasteiger partial charge in [-0.3, -0.25) is 4.98 Å². The average Bonchev–Trinajstić information content (AvgIpc) is 2.46. The van der Waals surface area contributed by atoms with Crippen LogP contribution in [-0.4, -0.2) is 31.8 Å². The summed E-state index contributed by atoms with van der Waals surface area (Å²) in [5, 5.41) is 3.20. The maximum atomic E-state index is 11.9. The third-order valence-corrected chi connectivity index (χ3v) is 4.66. The fourth-order valence-corrected chi connectivity index (χ4v) is 2.55. The van der Waals surface area contributed by atoms with E-state index >= 15 is 0 Å². The summed E-state index contributed by atoms with van der Waals surface area (Å²) >= 11 is 0. The highest BCUT2D eigenvalue weighted by molar-refractivity contribution is 7.89. The number of hydrogen-bond donors (Lipinski definition) is 1. The summed E-state index contributed by atoms with van der Waals surface area (Å²) in [6.07, 6.45) is 1.74. The van der Waals surface area contributed by atoms with E-state index in [1.165, 1.54) is 18.4 Å². The molecule has 106 valence electrons. The number of hydrogen-bond acceptors (Lipinski definition) is 4. The van der Waals surface area contributed by atoms with Gasteiger partial charge in [0.2, 0.25) is 10.0 Å². The first-order valence-corrected chi connectivity index (χ1v) is 7.60. The van der Waals surface area contributed by atoms with Crippen molar-refractivity contribution in [2.75, 3.05) is 19.4 Å². The van der Waals surface area contributed by atoms with Gasteiger partial charge in [0.25, 0.3) is 0 Å². The Morgan fingerprint density at radius 2 is 1.80 bits per heavy atom. The maximum absolute atomic E-state index is 11.9. The van der Waals surface area contributed by atoms with Crippen molar-refractivity contribution in [2.24, 2.45) is 0 Å². The summed E-state index contributed by atoms with van der Waals surface area (Å²) < 4.78 is 25.0. The largest absolute Gasteiger partial charge is 0.379 e. The van der Waals surface area contributed by atoms with Crippen LogP contribution in [0.3, 0.4) is 0 Å². The normalized spacial score (nSPS) is 11.6. The molecule has 0 unspecified atom stereocenters. The summed E-state index contributed by atoms with van der Waals surface area (Å²) in [6, 6.07) is 12.4. The molecule has 0 spiro atoms. The summed E-state index contributed by atoms with van der Waals surface area (Å²) in [4.78, 5) is 4.49. The standard InChI is InChI=1S/C14H17N3O2S/c1-17(2)20(18,19)14-8-6-12(7-9-14)16-11-13-5-3-4-10-15-13/h3-10,16H,11H2,1-2H3. The molecule has 5 nitrogen and oxygen atoms in total. The summed E-state index contributed by atoms with van der Waals surface area (Å²) in [5.74, 6) is 0. The number of nitrogens with zero attached hydrogens (tertiary/aromatic N) is 2. The molecular weight excluding hydrogens is 274 g/mol. The van der Waals surface area contributed by atoms with Gasteiger partial charge in [-0.1, -0.05) is 6.07 Å². The second-order valence-corrected chi connectivity index (χ2v) is 6.64. The van der Waals surface area contributed by atoms with Crippen LogP contribution in [0, 0.1) is 0 Å². The number of pyridine rings is 1. The van der Waals surface area contributed by atoms with Crippen molar-refractivity contribution in [3.05, 3.63) is 54.4 Å². The topological polar surface area (TPSA) is 62.3 Å². The van der Waals surface area contributed by atoms with Gasteiger partial charge in [-0.05, 0) is 36.4 Å². The van der Waals surface area contributed by atoms with Crippen LogP contribution in [0.15, 0.2) is 53.6 Å². The van der Waals surface area contributed by atoms with Crippen molar-refractivity contribution in [2.45, 2.75) is 11.4 Å². The molecule has 1 N–H and O–H groups in total. The van der Waals surface area contributed by atoms with Crippen molar-refractivity contribution in [1.82, 2.24) is 9.29 Å². The maximum Gasteiger partial charge on any atom is 0.242 e. The Morgan fingerprint density at radius 1 is 1.10 bits per heavy atom.